The van der Waals surface area contributed by atoms with Crippen LogP contribution in [0.25, 0.3) is 0 Å². The average Bonchev–Trinajstić information content (AvgIpc) is 2.64. The van der Waals surface area contributed by atoms with Crippen molar-refractivity contribution in [3.8, 4) is 5.75 Å². The fraction of sp³-hybridized carbons (Fsp3) is 0.571. The minimum Gasteiger partial charge on any atom is -0.491 e. The summed E-state index contributed by atoms with van der Waals surface area (Å²) in [6, 6.07) is 8.28. The Morgan fingerprint density at radius 2 is 2.12 bits per heavy atom. The van der Waals surface area contributed by atoms with Gasteiger partial charge in [-0.05, 0) is 56.7 Å². The van der Waals surface area contributed by atoms with Crippen molar-refractivity contribution in [1.82, 2.24) is 0 Å². The lowest BCUT2D eigenvalue weighted by molar-refractivity contribution is 0.181. The van der Waals surface area contributed by atoms with Crippen LogP contribution in [0.1, 0.15) is 44.6 Å². The maximum Gasteiger partial charge on any atom is 0.119 e. The van der Waals surface area contributed by atoms with Gasteiger partial charge in [-0.2, -0.15) is 0 Å². The van der Waals surface area contributed by atoms with Gasteiger partial charge in [0.1, 0.15) is 5.75 Å². The lowest BCUT2D eigenvalue weighted by Gasteiger charge is -2.14. The van der Waals surface area contributed by atoms with Gasteiger partial charge in [0.15, 0.2) is 0 Å². The Morgan fingerprint density at radius 3 is 2.75 bits per heavy atom. The van der Waals surface area contributed by atoms with Crippen molar-refractivity contribution >= 4 is 0 Å². The van der Waals surface area contributed by atoms with Crippen LogP contribution >= 0.6 is 0 Å². The van der Waals surface area contributed by atoms with Crippen molar-refractivity contribution in [2.45, 2.75) is 51.2 Å². The zero-order valence-corrected chi connectivity index (χ0v) is 10.0. The van der Waals surface area contributed by atoms with Crippen molar-refractivity contribution in [2.75, 3.05) is 0 Å². The van der Waals surface area contributed by atoms with Gasteiger partial charge in [-0.25, -0.2) is 0 Å². The molecule has 0 aliphatic heterocycles. The number of ether oxygens (including phenoxy) is 1. The van der Waals surface area contributed by atoms with Gasteiger partial charge in [-0.15, -0.1) is 0 Å². The molecule has 1 N–H and O–H groups in total. The minimum atomic E-state index is -0.111. The summed E-state index contributed by atoms with van der Waals surface area (Å²) in [5.74, 6) is 1.44. The molecule has 1 aromatic rings. The predicted octanol–water partition coefficient (Wildman–Crippen LogP) is 3.10. The third kappa shape index (κ3) is 2.76. The van der Waals surface area contributed by atoms with Crippen LogP contribution in [0.3, 0.4) is 0 Å². The van der Waals surface area contributed by atoms with Gasteiger partial charge < -0.3 is 9.84 Å². The summed E-state index contributed by atoms with van der Waals surface area (Å²) in [5, 5.41) is 9.54. The summed E-state index contributed by atoms with van der Waals surface area (Å²) in [4.78, 5) is 0. The van der Waals surface area contributed by atoms with Crippen molar-refractivity contribution in [3.63, 3.8) is 0 Å². The molecule has 1 saturated carbocycles. The molecule has 2 atom stereocenters. The Hall–Kier alpha value is -1.02. The van der Waals surface area contributed by atoms with Crippen molar-refractivity contribution < 1.29 is 9.84 Å². The molecule has 0 amide bonds. The predicted molar refractivity (Wildman–Crippen MR) is 64.8 cm³/mol. The van der Waals surface area contributed by atoms with E-state index in [1.54, 1.807) is 0 Å². The highest BCUT2D eigenvalue weighted by Crippen LogP contribution is 2.35. The highest BCUT2D eigenvalue weighted by molar-refractivity contribution is 5.31. The first kappa shape index (κ1) is 11.5. The molecule has 0 aromatic heterocycles. The molecule has 1 aliphatic carbocycles. The molecule has 0 radical (unpaired) electrons. The highest BCUT2D eigenvalue weighted by atomic mass is 16.5. The molecule has 0 bridgehead atoms. The molecule has 2 rings (SSSR count). The van der Waals surface area contributed by atoms with E-state index in [0.717, 1.165) is 25.0 Å². The summed E-state index contributed by atoms with van der Waals surface area (Å²) in [5.41, 5.74) is 1.30. The first-order valence-electron chi connectivity index (χ1n) is 6.10. The van der Waals surface area contributed by atoms with Gasteiger partial charge in [0.25, 0.3) is 0 Å². The first-order chi connectivity index (χ1) is 7.65. The second-order valence-corrected chi connectivity index (χ2v) is 4.90. The quantitative estimate of drug-likeness (QED) is 0.848. The van der Waals surface area contributed by atoms with E-state index in [0.29, 0.717) is 5.92 Å². The van der Waals surface area contributed by atoms with Gasteiger partial charge >= 0.3 is 0 Å². The van der Waals surface area contributed by atoms with Crippen LogP contribution in [0.15, 0.2) is 24.3 Å². The molecule has 0 saturated heterocycles. The van der Waals surface area contributed by atoms with E-state index in [1.165, 1.54) is 5.56 Å². The number of benzene rings is 1. The summed E-state index contributed by atoms with van der Waals surface area (Å²) in [6.45, 7) is 4.07. The van der Waals surface area contributed by atoms with Crippen LogP contribution in [-0.4, -0.2) is 17.3 Å². The number of rotatable bonds is 3. The summed E-state index contributed by atoms with van der Waals surface area (Å²) < 4.78 is 5.68. The van der Waals surface area contributed by atoms with Crippen molar-refractivity contribution in [3.05, 3.63) is 29.8 Å². The third-order valence-corrected chi connectivity index (χ3v) is 3.11. The average molecular weight is 220 g/mol. The van der Waals surface area contributed by atoms with Gasteiger partial charge in [-0.3, -0.25) is 0 Å². The summed E-state index contributed by atoms with van der Waals surface area (Å²) >= 11 is 0. The number of hydrogen-bond acceptors (Lipinski definition) is 2. The molecular weight excluding hydrogens is 200 g/mol. The smallest absolute Gasteiger partial charge is 0.119 e. The van der Waals surface area contributed by atoms with Crippen LogP contribution in [0.4, 0.5) is 0 Å². The van der Waals surface area contributed by atoms with Crippen LogP contribution in [-0.2, 0) is 0 Å². The first-order valence-corrected chi connectivity index (χ1v) is 6.10. The van der Waals surface area contributed by atoms with E-state index in [2.05, 4.69) is 12.1 Å². The zero-order chi connectivity index (χ0) is 11.5. The molecule has 1 fully saturated rings. The topological polar surface area (TPSA) is 29.5 Å². The monoisotopic (exact) mass is 220 g/mol. The third-order valence-electron chi connectivity index (χ3n) is 3.11. The summed E-state index contributed by atoms with van der Waals surface area (Å²) in [7, 11) is 0. The molecule has 2 unspecified atom stereocenters. The lowest BCUT2D eigenvalue weighted by atomic mass is 9.97. The van der Waals surface area contributed by atoms with E-state index in [9.17, 15) is 5.11 Å². The second-order valence-electron chi connectivity index (χ2n) is 4.90. The normalized spacial score (nSPS) is 25.0. The molecule has 0 heterocycles. The minimum absolute atomic E-state index is 0.111. The number of aliphatic hydroxyl groups is 1. The van der Waals surface area contributed by atoms with E-state index in [-0.39, 0.29) is 12.2 Å². The Bertz CT molecular complexity index is 346. The largest absolute Gasteiger partial charge is 0.491 e. The Labute approximate surface area is 97.3 Å². The number of aliphatic hydroxyl groups excluding tert-OH is 1. The SMILES string of the molecule is CC(C)Oc1cccc(C2CCC(O)C2)c1. The maximum atomic E-state index is 9.54. The van der Waals surface area contributed by atoms with Gasteiger partial charge in [0, 0.05) is 0 Å². The second kappa shape index (κ2) is 4.88. The lowest BCUT2D eigenvalue weighted by Crippen LogP contribution is -2.06. The van der Waals surface area contributed by atoms with Crippen LogP contribution in [0.5, 0.6) is 5.75 Å². The fourth-order valence-corrected chi connectivity index (χ4v) is 2.37. The molecule has 16 heavy (non-hydrogen) atoms. The zero-order valence-electron chi connectivity index (χ0n) is 10.0. The maximum absolute atomic E-state index is 9.54. The van der Waals surface area contributed by atoms with Crippen LogP contribution in [0, 0.1) is 0 Å². The highest BCUT2D eigenvalue weighted by Gasteiger charge is 2.24. The standard InChI is InChI=1S/C14H20O2/c1-10(2)16-14-5-3-4-11(9-14)12-6-7-13(15)8-12/h3-5,9-10,12-13,15H,6-8H2,1-2H3. The van der Waals surface area contributed by atoms with E-state index >= 15 is 0 Å². The summed E-state index contributed by atoms with van der Waals surface area (Å²) in [6.07, 6.45) is 3.02. The number of hydrogen-bond donors (Lipinski definition) is 1. The molecule has 2 nitrogen and oxygen atoms in total. The van der Waals surface area contributed by atoms with E-state index in [1.807, 2.05) is 26.0 Å². The van der Waals surface area contributed by atoms with Crippen molar-refractivity contribution in [2.24, 2.45) is 0 Å². The van der Waals surface area contributed by atoms with Gasteiger partial charge in [0.05, 0.1) is 12.2 Å². The molecule has 0 spiro atoms. The Kier molecular flexibility index (Phi) is 3.49. The molecular formula is C14H20O2. The molecule has 1 aliphatic rings. The molecule has 88 valence electrons. The van der Waals surface area contributed by atoms with E-state index < -0.39 is 0 Å². The Morgan fingerprint density at radius 1 is 1.31 bits per heavy atom. The molecule has 2 heteroatoms. The van der Waals surface area contributed by atoms with E-state index in [4.69, 9.17) is 4.74 Å². The Balaban J connectivity index is 2.09. The van der Waals surface area contributed by atoms with Gasteiger partial charge in [-0.1, -0.05) is 12.1 Å². The van der Waals surface area contributed by atoms with Crippen molar-refractivity contribution in [1.29, 1.82) is 0 Å². The van der Waals surface area contributed by atoms with Crippen LogP contribution < -0.4 is 4.74 Å². The van der Waals surface area contributed by atoms with Crippen LogP contribution in [0.2, 0.25) is 0 Å². The van der Waals surface area contributed by atoms with Gasteiger partial charge in [0.2, 0.25) is 0 Å². The molecule has 1 aromatic carbocycles. The fourth-order valence-electron chi connectivity index (χ4n) is 2.37.